The van der Waals surface area contributed by atoms with Crippen molar-refractivity contribution in [2.45, 2.75) is 26.6 Å². The molecule has 1 aromatic heterocycles. The van der Waals surface area contributed by atoms with Crippen molar-refractivity contribution in [1.82, 2.24) is 4.98 Å². The molecule has 0 saturated carbocycles. The van der Waals surface area contributed by atoms with Crippen LogP contribution in [0.4, 0.5) is 13.2 Å². The Labute approximate surface area is 86.1 Å². The van der Waals surface area contributed by atoms with Crippen LogP contribution < -0.4 is 4.74 Å². The quantitative estimate of drug-likeness (QED) is 0.778. The molecule has 0 amide bonds. The van der Waals surface area contributed by atoms with E-state index < -0.39 is 12.2 Å². The molecule has 0 spiro atoms. The molecule has 1 aromatic rings. The zero-order chi connectivity index (χ0) is 11.5. The van der Waals surface area contributed by atoms with Gasteiger partial charge in [0.25, 0.3) is 0 Å². The lowest BCUT2D eigenvalue weighted by Gasteiger charge is -2.08. The lowest BCUT2D eigenvalue weighted by Crippen LogP contribution is -2.17. The van der Waals surface area contributed by atoms with Gasteiger partial charge in [0.2, 0.25) is 5.88 Å². The zero-order valence-corrected chi connectivity index (χ0v) is 8.51. The SMILES string of the molecule is CC(C)Cc1ccc(OC(F)(F)F)nc1. The van der Waals surface area contributed by atoms with Gasteiger partial charge in [-0.2, -0.15) is 0 Å². The molecular formula is C10H12F3NO. The summed E-state index contributed by atoms with van der Waals surface area (Å²) in [4.78, 5) is 3.57. The molecule has 0 fully saturated rings. The number of halogens is 3. The fraction of sp³-hybridized carbons (Fsp3) is 0.500. The van der Waals surface area contributed by atoms with Crippen LogP contribution in [0.3, 0.4) is 0 Å². The number of hydrogen-bond acceptors (Lipinski definition) is 2. The van der Waals surface area contributed by atoms with Gasteiger partial charge < -0.3 is 4.74 Å². The molecule has 0 aliphatic carbocycles. The van der Waals surface area contributed by atoms with Crippen LogP contribution >= 0.6 is 0 Å². The van der Waals surface area contributed by atoms with Crippen molar-refractivity contribution in [2.24, 2.45) is 5.92 Å². The van der Waals surface area contributed by atoms with Crippen LogP contribution in [0, 0.1) is 5.92 Å². The summed E-state index contributed by atoms with van der Waals surface area (Å²) in [6.45, 7) is 4.06. The summed E-state index contributed by atoms with van der Waals surface area (Å²) >= 11 is 0. The van der Waals surface area contributed by atoms with Crippen molar-refractivity contribution in [1.29, 1.82) is 0 Å². The van der Waals surface area contributed by atoms with Crippen LogP contribution in [-0.2, 0) is 6.42 Å². The molecule has 0 unspecified atom stereocenters. The highest BCUT2D eigenvalue weighted by Crippen LogP contribution is 2.20. The molecule has 0 atom stereocenters. The topological polar surface area (TPSA) is 22.1 Å². The smallest absolute Gasteiger partial charge is 0.388 e. The summed E-state index contributed by atoms with van der Waals surface area (Å²) in [5.41, 5.74) is 0.902. The summed E-state index contributed by atoms with van der Waals surface area (Å²) < 4.78 is 39.0. The van der Waals surface area contributed by atoms with Crippen molar-refractivity contribution >= 4 is 0 Å². The van der Waals surface area contributed by atoms with Crippen molar-refractivity contribution in [3.8, 4) is 5.88 Å². The number of pyridine rings is 1. The molecule has 15 heavy (non-hydrogen) atoms. The van der Waals surface area contributed by atoms with Crippen LogP contribution in [-0.4, -0.2) is 11.3 Å². The fourth-order valence-corrected chi connectivity index (χ4v) is 1.18. The third-order valence-electron chi connectivity index (χ3n) is 1.66. The maximum atomic E-state index is 11.8. The van der Waals surface area contributed by atoms with Gasteiger partial charge in [-0.1, -0.05) is 19.9 Å². The van der Waals surface area contributed by atoms with E-state index in [4.69, 9.17) is 0 Å². The van der Waals surface area contributed by atoms with Crippen LogP contribution in [0.5, 0.6) is 5.88 Å². The number of aromatic nitrogens is 1. The van der Waals surface area contributed by atoms with Gasteiger partial charge in [0, 0.05) is 12.3 Å². The van der Waals surface area contributed by atoms with Gasteiger partial charge in [-0.05, 0) is 17.9 Å². The number of hydrogen-bond donors (Lipinski definition) is 0. The third-order valence-corrected chi connectivity index (χ3v) is 1.66. The molecule has 1 heterocycles. The number of ether oxygens (including phenoxy) is 1. The maximum absolute atomic E-state index is 11.8. The molecule has 0 radical (unpaired) electrons. The van der Waals surface area contributed by atoms with E-state index in [1.165, 1.54) is 12.3 Å². The predicted molar refractivity (Wildman–Crippen MR) is 49.5 cm³/mol. The zero-order valence-electron chi connectivity index (χ0n) is 8.51. The first-order valence-corrected chi connectivity index (χ1v) is 4.57. The summed E-state index contributed by atoms with van der Waals surface area (Å²) in [7, 11) is 0. The second kappa shape index (κ2) is 4.51. The Kier molecular flexibility index (Phi) is 3.55. The Morgan fingerprint density at radius 3 is 2.40 bits per heavy atom. The highest BCUT2D eigenvalue weighted by molar-refractivity contribution is 5.18. The van der Waals surface area contributed by atoms with Gasteiger partial charge in [-0.3, -0.25) is 0 Å². The Morgan fingerprint density at radius 2 is 2.00 bits per heavy atom. The number of nitrogens with zero attached hydrogens (tertiary/aromatic N) is 1. The minimum Gasteiger partial charge on any atom is -0.388 e. The second-order valence-electron chi connectivity index (χ2n) is 3.65. The lowest BCUT2D eigenvalue weighted by molar-refractivity contribution is -0.276. The Bertz CT molecular complexity index is 305. The first-order valence-electron chi connectivity index (χ1n) is 4.57. The van der Waals surface area contributed by atoms with Crippen LogP contribution in [0.2, 0.25) is 0 Å². The van der Waals surface area contributed by atoms with E-state index in [0.717, 1.165) is 12.0 Å². The standard InChI is InChI=1S/C10H12F3NO/c1-7(2)5-8-3-4-9(14-6-8)15-10(11,12)13/h3-4,6-7H,5H2,1-2H3. The number of rotatable bonds is 3. The molecule has 1 rings (SSSR count). The van der Waals surface area contributed by atoms with E-state index in [9.17, 15) is 13.2 Å². The van der Waals surface area contributed by atoms with Crippen LogP contribution in [0.1, 0.15) is 19.4 Å². The highest BCUT2D eigenvalue weighted by atomic mass is 19.4. The molecule has 0 N–H and O–H groups in total. The average Bonchev–Trinajstić information content (AvgIpc) is 2.05. The van der Waals surface area contributed by atoms with Crippen molar-refractivity contribution < 1.29 is 17.9 Å². The first kappa shape index (κ1) is 11.8. The van der Waals surface area contributed by atoms with E-state index in [0.29, 0.717) is 5.92 Å². The fourth-order valence-electron chi connectivity index (χ4n) is 1.18. The lowest BCUT2D eigenvalue weighted by atomic mass is 10.1. The maximum Gasteiger partial charge on any atom is 0.574 e. The summed E-state index contributed by atoms with van der Waals surface area (Å²) in [5.74, 6) is 0.0243. The van der Waals surface area contributed by atoms with Crippen LogP contribution in [0.25, 0.3) is 0 Å². The monoisotopic (exact) mass is 219 g/mol. The predicted octanol–water partition coefficient (Wildman–Crippen LogP) is 3.18. The minimum absolute atomic E-state index is 0.421. The molecule has 0 aliphatic heterocycles. The average molecular weight is 219 g/mol. The van der Waals surface area contributed by atoms with E-state index in [2.05, 4.69) is 9.72 Å². The minimum atomic E-state index is -4.67. The molecule has 0 saturated heterocycles. The molecule has 0 aromatic carbocycles. The van der Waals surface area contributed by atoms with Gasteiger partial charge in [0.1, 0.15) is 0 Å². The second-order valence-corrected chi connectivity index (χ2v) is 3.65. The van der Waals surface area contributed by atoms with E-state index in [1.54, 1.807) is 6.07 Å². The van der Waals surface area contributed by atoms with Crippen LogP contribution in [0.15, 0.2) is 18.3 Å². The van der Waals surface area contributed by atoms with E-state index in [-0.39, 0.29) is 0 Å². The van der Waals surface area contributed by atoms with Crippen molar-refractivity contribution in [3.05, 3.63) is 23.9 Å². The Balaban J connectivity index is 2.64. The molecule has 2 nitrogen and oxygen atoms in total. The summed E-state index contributed by atoms with van der Waals surface area (Å²) in [6.07, 6.45) is -2.48. The molecule has 5 heteroatoms. The van der Waals surface area contributed by atoms with Gasteiger partial charge in [-0.25, -0.2) is 4.98 Å². The first-order chi connectivity index (χ1) is 6.87. The Hall–Kier alpha value is -1.26. The van der Waals surface area contributed by atoms with Crippen molar-refractivity contribution in [2.75, 3.05) is 0 Å². The van der Waals surface area contributed by atoms with E-state index in [1.807, 2.05) is 13.8 Å². The van der Waals surface area contributed by atoms with Gasteiger partial charge >= 0.3 is 6.36 Å². The molecule has 0 aliphatic rings. The van der Waals surface area contributed by atoms with E-state index >= 15 is 0 Å². The largest absolute Gasteiger partial charge is 0.574 e. The van der Waals surface area contributed by atoms with Gasteiger partial charge in [0.05, 0.1) is 0 Å². The molecular weight excluding hydrogens is 207 g/mol. The number of alkyl halides is 3. The van der Waals surface area contributed by atoms with Gasteiger partial charge in [-0.15, -0.1) is 13.2 Å². The van der Waals surface area contributed by atoms with Gasteiger partial charge in [0.15, 0.2) is 0 Å². The normalized spacial score (nSPS) is 11.9. The summed E-state index contributed by atoms with van der Waals surface area (Å²) in [6, 6.07) is 2.82. The summed E-state index contributed by atoms with van der Waals surface area (Å²) in [5, 5.41) is 0. The highest BCUT2D eigenvalue weighted by Gasteiger charge is 2.31. The molecule has 0 bridgehead atoms. The van der Waals surface area contributed by atoms with Crippen molar-refractivity contribution in [3.63, 3.8) is 0 Å². The Morgan fingerprint density at radius 1 is 1.33 bits per heavy atom. The third kappa shape index (κ3) is 4.67. The molecule has 84 valence electrons.